The number of imidazole rings is 1. The van der Waals surface area contributed by atoms with Gasteiger partial charge in [0.2, 0.25) is 0 Å². The van der Waals surface area contributed by atoms with Crippen LogP contribution < -0.4 is 11.1 Å². The van der Waals surface area contributed by atoms with Crippen LogP contribution in [0.4, 0.5) is 0 Å². The molecule has 0 saturated heterocycles. The molecule has 3 aromatic heterocycles. The zero-order valence-electron chi connectivity index (χ0n) is 10.9. The predicted octanol–water partition coefficient (Wildman–Crippen LogP) is 0.790. The Labute approximate surface area is 119 Å². The summed E-state index contributed by atoms with van der Waals surface area (Å²) in [5.41, 5.74) is 6.46. The minimum Gasteiger partial charge on any atom is -0.364 e. The molecule has 0 unspecified atom stereocenters. The number of fused-ring (bicyclic) bond motifs is 1. The molecule has 8 heteroatoms. The van der Waals surface area contributed by atoms with Gasteiger partial charge in [0.25, 0.3) is 5.91 Å². The molecule has 3 N–H and O–H groups in total. The first-order chi connectivity index (χ1) is 9.70. The van der Waals surface area contributed by atoms with E-state index in [1.54, 1.807) is 28.3 Å². The SMILES string of the molecule is CCNCc1c(-n2ccc(C(N)=O)n2)nc2sccn12. The van der Waals surface area contributed by atoms with E-state index in [0.29, 0.717) is 12.4 Å². The normalized spacial score (nSPS) is 11.2. The maximum Gasteiger partial charge on any atom is 0.269 e. The smallest absolute Gasteiger partial charge is 0.269 e. The van der Waals surface area contributed by atoms with E-state index in [-0.39, 0.29) is 5.69 Å². The van der Waals surface area contributed by atoms with Gasteiger partial charge in [-0.1, -0.05) is 6.92 Å². The summed E-state index contributed by atoms with van der Waals surface area (Å²) < 4.78 is 3.61. The van der Waals surface area contributed by atoms with Gasteiger partial charge in [-0.3, -0.25) is 9.20 Å². The van der Waals surface area contributed by atoms with Crippen LogP contribution in [0.2, 0.25) is 0 Å². The molecule has 0 atom stereocenters. The molecule has 7 nitrogen and oxygen atoms in total. The van der Waals surface area contributed by atoms with E-state index in [4.69, 9.17) is 5.73 Å². The fraction of sp³-hybridized carbons (Fsp3) is 0.250. The second kappa shape index (κ2) is 5.06. The lowest BCUT2D eigenvalue weighted by atomic mass is 10.4. The zero-order chi connectivity index (χ0) is 14.1. The van der Waals surface area contributed by atoms with Crippen LogP contribution in [0.25, 0.3) is 10.8 Å². The molecule has 1 amide bonds. The molecule has 3 heterocycles. The third-order valence-electron chi connectivity index (χ3n) is 2.94. The van der Waals surface area contributed by atoms with E-state index in [1.807, 2.05) is 22.9 Å². The molecule has 3 aromatic rings. The first-order valence-corrected chi connectivity index (χ1v) is 7.09. The lowest BCUT2D eigenvalue weighted by molar-refractivity contribution is 0.0995. The summed E-state index contributed by atoms with van der Waals surface area (Å²) in [6.07, 6.45) is 3.67. The fourth-order valence-electron chi connectivity index (χ4n) is 1.99. The van der Waals surface area contributed by atoms with Crippen molar-refractivity contribution in [3.8, 4) is 5.82 Å². The van der Waals surface area contributed by atoms with Crippen LogP contribution in [0, 0.1) is 0 Å². The number of nitrogens with one attached hydrogen (secondary N) is 1. The number of primary amides is 1. The summed E-state index contributed by atoms with van der Waals surface area (Å²) >= 11 is 1.55. The molecule has 0 aliphatic carbocycles. The Morgan fingerprint density at radius 1 is 1.50 bits per heavy atom. The van der Waals surface area contributed by atoms with Gasteiger partial charge in [0.05, 0.1) is 5.69 Å². The van der Waals surface area contributed by atoms with E-state index in [2.05, 4.69) is 15.4 Å². The molecule has 0 aromatic carbocycles. The third kappa shape index (κ3) is 2.08. The molecular formula is C12H14N6OS. The largest absolute Gasteiger partial charge is 0.364 e. The summed E-state index contributed by atoms with van der Waals surface area (Å²) in [7, 11) is 0. The van der Waals surface area contributed by atoms with Crippen molar-refractivity contribution in [2.45, 2.75) is 13.5 Å². The van der Waals surface area contributed by atoms with Gasteiger partial charge in [-0.15, -0.1) is 11.3 Å². The maximum atomic E-state index is 11.1. The minimum atomic E-state index is -0.544. The number of aromatic nitrogens is 4. The van der Waals surface area contributed by atoms with Crippen LogP contribution in [0.3, 0.4) is 0 Å². The molecular weight excluding hydrogens is 276 g/mol. The average Bonchev–Trinajstić information content (AvgIpc) is 3.11. The molecule has 20 heavy (non-hydrogen) atoms. The van der Waals surface area contributed by atoms with Gasteiger partial charge in [0.15, 0.2) is 10.8 Å². The molecule has 0 bridgehead atoms. The highest BCUT2D eigenvalue weighted by Crippen LogP contribution is 2.20. The van der Waals surface area contributed by atoms with Crippen LogP contribution in [-0.2, 0) is 6.54 Å². The molecule has 0 fully saturated rings. The molecule has 0 radical (unpaired) electrons. The number of rotatable bonds is 5. The Bertz CT molecular complexity index is 755. The molecule has 0 saturated carbocycles. The molecule has 0 aliphatic heterocycles. The van der Waals surface area contributed by atoms with Crippen LogP contribution in [0.15, 0.2) is 23.8 Å². The minimum absolute atomic E-state index is 0.232. The predicted molar refractivity (Wildman–Crippen MR) is 76.1 cm³/mol. The van der Waals surface area contributed by atoms with E-state index >= 15 is 0 Å². The van der Waals surface area contributed by atoms with Crippen molar-refractivity contribution in [1.82, 2.24) is 24.5 Å². The number of thiazole rings is 1. The summed E-state index contributed by atoms with van der Waals surface area (Å²) in [4.78, 5) is 16.6. The average molecular weight is 290 g/mol. The van der Waals surface area contributed by atoms with Gasteiger partial charge in [-0.2, -0.15) is 10.1 Å². The Morgan fingerprint density at radius 3 is 3.05 bits per heavy atom. The third-order valence-corrected chi connectivity index (χ3v) is 3.70. The van der Waals surface area contributed by atoms with E-state index in [0.717, 1.165) is 17.2 Å². The molecule has 0 spiro atoms. The topological polar surface area (TPSA) is 90.2 Å². The number of hydrogen-bond donors (Lipinski definition) is 2. The lowest BCUT2D eigenvalue weighted by Gasteiger charge is -2.04. The van der Waals surface area contributed by atoms with Crippen molar-refractivity contribution >= 4 is 22.2 Å². The molecule has 3 rings (SSSR count). The Morgan fingerprint density at radius 2 is 2.35 bits per heavy atom. The molecule has 0 aliphatic rings. The fourth-order valence-corrected chi connectivity index (χ4v) is 2.71. The van der Waals surface area contributed by atoms with Crippen molar-refractivity contribution in [3.63, 3.8) is 0 Å². The first kappa shape index (κ1) is 12.8. The van der Waals surface area contributed by atoms with Crippen molar-refractivity contribution in [2.24, 2.45) is 5.73 Å². The van der Waals surface area contributed by atoms with Gasteiger partial charge < -0.3 is 11.1 Å². The van der Waals surface area contributed by atoms with Crippen LogP contribution >= 0.6 is 11.3 Å². The van der Waals surface area contributed by atoms with Crippen LogP contribution in [0.5, 0.6) is 0 Å². The number of carbonyl (C=O) groups excluding carboxylic acids is 1. The number of hydrogen-bond acceptors (Lipinski definition) is 5. The van der Waals surface area contributed by atoms with Gasteiger partial charge in [0.1, 0.15) is 5.69 Å². The Balaban J connectivity index is 2.08. The van der Waals surface area contributed by atoms with Crippen molar-refractivity contribution in [1.29, 1.82) is 0 Å². The monoisotopic (exact) mass is 290 g/mol. The zero-order valence-corrected chi connectivity index (χ0v) is 11.7. The number of nitrogens with zero attached hydrogens (tertiary/aromatic N) is 4. The van der Waals surface area contributed by atoms with Crippen molar-refractivity contribution in [3.05, 3.63) is 35.2 Å². The summed E-state index contributed by atoms with van der Waals surface area (Å²) in [6, 6.07) is 1.59. The van der Waals surface area contributed by atoms with Crippen LogP contribution in [0.1, 0.15) is 23.1 Å². The number of nitrogens with two attached hydrogens (primary N) is 1. The summed E-state index contributed by atoms with van der Waals surface area (Å²) in [5.74, 6) is 0.170. The van der Waals surface area contributed by atoms with Gasteiger partial charge in [0, 0.05) is 24.3 Å². The van der Waals surface area contributed by atoms with E-state index < -0.39 is 5.91 Å². The highest BCUT2D eigenvalue weighted by atomic mass is 32.1. The van der Waals surface area contributed by atoms with Crippen molar-refractivity contribution in [2.75, 3.05) is 6.54 Å². The standard InChI is InChI=1S/C12H14N6OS/c1-2-14-7-9-11(15-12-17(9)5-6-20-12)18-4-3-8(16-18)10(13)19/h3-6,14H,2,7H2,1H3,(H2,13,19). The van der Waals surface area contributed by atoms with Crippen molar-refractivity contribution < 1.29 is 4.79 Å². The lowest BCUT2D eigenvalue weighted by Crippen LogP contribution is -2.16. The maximum absolute atomic E-state index is 11.1. The second-order valence-electron chi connectivity index (χ2n) is 4.23. The van der Waals surface area contributed by atoms with Gasteiger partial charge >= 0.3 is 0 Å². The van der Waals surface area contributed by atoms with Gasteiger partial charge in [-0.25, -0.2) is 4.68 Å². The van der Waals surface area contributed by atoms with E-state index in [1.165, 1.54) is 0 Å². The molecule has 104 valence electrons. The Hall–Kier alpha value is -2.19. The van der Waals surface area contributed by atoms with E-state index in [9.17, 15) is 4.79 Å². The summed E-state index contributed by atoms with van der Waals surface area (Å²) in [6.45, 7) is 3.59. The number of amides is 1. The second-order valence-corrected chi connectivity index (χ2v) is 5.10. The highest BCUT2D eigenvalue weighted by molar-refractivity contribution is 7.15. The Kier molecular flexibility index (Phi) is 3.25. The van der Waals surface area contributed by atoms with Gasteiger partial charge in [-0.05, 0) is 12.6 Å². The summed E-state index contributed by atoms with van der Waals surface area (Å²) in [5, 5.41) is 9.44. The quantitative estimate of drug-likeness (QED) is 0.727. The van der Waals surface area contributed by atoms with Crippen LogP contribution in [-0.4, -0.2) is 31.6 Å². The number of carbonyl (C=O) groups is 1. The highest BCUT2D eigenvalue weighted by Gasteiger charge is 2.16. The first-order valence-electron chi connectivity index (χ1n) is 6.21.